The van der Waals surface area contributed by atoms with E-state index in [1.165, 1.54) is 5.56 Å². The number of aromatic nitrogens is 1. The zero-order chi connectivity index (χ0) is 19.1. The molecule has 4 heterocycles. The van der Waals surface area contributed by atoms with Gasteiger partial charge in [0.1, 0.15) is 0 Å². The van der Waals surface area contributed by atoms with Crippen molar-refractivity contribution in [1.82, 2.24) is 9.88 Å². The second kappa shape index (κ2) is 6.99. The van der Waals surface area contributed by atoms with Crippen LogP contribution in [-0.4, -0.2) is 35.4 Å². The Bertz CT molecular complexity index is 1020. The van der Waals surface area contributed by atoms with Crippen molar-refractivity contribution in [2.75, 3.05) is 24.5 Å². The van der Waals surface area contributed by atoms with Gasteiger partial charge in [-0.05, 0) is 54.2 Å². The van der Waals surface area contributed by atoms with Gasteiger partial charge in [0.2, 0.25) is 0 Å². The number of halogens is 1. The molecule has 1 fully saturated rings. The molecule has 0 N–H and O–H groups in total. The third-order valence-electron chi connectivity index (χ3n) is 5.78. The Morgan fingerprint density at radius 3 is 2.96 bits per heavy atom. The third-order valence-corrected chi connectivity index (χ3v) is 6.70. The molecule has 1 amide bonds. The summed E-state index contributed by atoms with van der Waals surface area (Å²) in [6, 6.07) is 13.9. The lowest BCUT2D eigenvalue weighted by atomic mass is 9.85. The summed E-state index contributed by atoms with van der Waals surface area (Å²) >= 11 is 7.70. The molecule has 28 heavy (non-hydrogen) atoms. The van der Waals surface area contributed by atoms with Crippen LogP contribution in [0.3, 0.4) is 0 Å². The van der Waals surface area contributed by atoms with Gasteiger partial charge in [0, 0.05) is 41.6 Å². The first-order valence-corrected chi connectivity index (χ1v) is 10.7. The van der Waals surface area contributed by atoms with E-state index in [2.05, 4.69) is 11.0 Å². The van der Waals surface area contributed by atoms with Crippen LogP contribution < -0.4 is 4.90 Å². The van der Waals surface area contributed by atoms with Crippen LogP contribution in [0.2, 0.25) is 5.02 Å². The highest BCUT2D eigenvalue weighted by atomic mass is 35.5. The SMILES string of the molecule is O=C(c1ccsc1)N1CC2(CCN(Cc3cccc(Cl)c3)C2)c2ncccc21. The van der Waals surface area contributed by atoms with E-state index < -0.39 is 0 Å². The Balaban J connectivity index is 1.42. The zero-order valence-electron chi connectivity index (χ0n) is 15.3. The first kappa shape index (κ1) is 17.9. The number of benzene rings is 1. The molecule has 0 aliphatic carbocycles. The molecule has 1 atom stereocenters. The van der Waals surface area contributed by atoms with Gasteiger partial charge in [0.05, 0.1) is 16.9 Å². The zero-order valence-corrected chi connectivity index (χ0v) is 16.9. The minimum absolute atomic E-state index is 0.0701. The fourth-order valence-electron chi connectivity index (χ4n) is 4.52. The molecule has 2 aliphatic heterocycles. The largest absolute Gasteiger partial charge is 0.305 e. The van der Waals surface area contributed by atoms with Crippen molar-refractivity contribution in [3.8, 4) is 0 Å². The predicted octanol–water partition coefficient (Wildman–Crippen LogP) is 4.60. The number of pyridine rings is 1. The number of carbonyl (C=O) groups excluding carboxylic acids is 1. The quantitative estimate of drug-likeness (QED) is 0.634. The minimum Gasteiger partial charge on any atom is -0.305 e. The van der Waals surface area contributed by atoms with Crippen molar-refractivity contribution in [3.05, 3.63) is 81.3 Å². The molecular weight excluding hydrogens is 390 g/mol. The molecule has 1 spiro atoms. The highest BCUT2D eigenvalue weighted by Crippen LogP contribution is 2.45. The van der Waals surface area contributed by atoms with Gasteiger partial charge in [-0.25, -0.2) is 0 Å². The molecule has 0 bridgehead atoms. The summed E-state index contributed by atoms with van der Waals surface area (Å²) < 4.78 is 0. The lowest BCUT2D eigenvalue weighted by Gasteiger charge is -2.25. The Morgan fingerprint density at radius 1 is 1.21 bits per heavy atom. The van der Waals surface area contributed by atoms with Crippen LogP contribution in [0.25, 0.3) is 0 Å². The first-order valence-electron chi connectivity index (χ1n) is 9.41. The van der Waals surface area contributed by atoms with E-state index in [0.717, 1.165) is 48.0 Å². The molecule has 2 aliphatic rings. The number of thiophene rings is 1. The van der Waals surface area contributed by atoms with Crippen molar-refractivity contribution in [3.63, 3.8) is 0 Å². The van der Waals surface area contributed by atoms with Gasteiger partial charge in [-0.15, -0.1) is 0 Å². The summed E-state index contributed by atoms with van der Waals surface area (Å²) in [7, 11) is 0. The van der Waals surface area contributed by atoms with Gasteiger partial charge in [-0.3, -0.25) is 14.7 Å². The fraction of sp³-hybridized carbons (Fsp3) is 0.273. The number of carbonyl (C=O) groups is 1. The number of anilines is 1. The molecule has 4 nitrogen and oxygen atoms in total. The topological polar surface area (TPSA) is 36.4 Å². The average molecular weight is 410 g/mol. The van der Waals surface area contributed by atoms with Crippen LogP contribution in [0.1, 0.15) is 28.0 Å². The van der Waals surface area contributed by atoms with E-state index in [4.69, 9.17) is 16.6 Å². The molecule has 0 saturated carbocycles. The molecule has 142 valence electrons. The second-order valence-electron chi connectivity index (χ2n) is 7.65. The lowest BCUT2D eigenvalue weighted by Crippen LogP contribution is -2.39. The molecule has 1 unspecified atom stereocenters. The van der Waals surface area contributed by atoms with E-state index in [0.29, 0.717) is 6.54 Å². The van der Waals surface area contributed by atoms with Crippen LogP contribution in [0.5, 0.6) is 0 Å². The van der Waals surface area contributed by atoms with Crippen LogP contribution in [0.15, 0.2) is 59.4 Å². The van der Waals surface area contributed by atoms with Gasteiger partial charge >= 0.3 is 0 Å². The maximum atomic E-state index is 13.1. The summed E-state index contributed by atoms with van der Waals surface area (Å²) in [6.07, 6.45) is 2.85. The predicted molar refractivity (Wildman–Crippen MR) is 113 cm³/mol. The normalized spacial score (nSPS) is 21.4. The van der Waals surface area contributed by atoms with Gasteiger partial charge in [0.15, 0.2) is 0 Å². The Hall–Kier alpha value is -2.21. The highest BCUT2D eigenvalue weighted by molar-refractivity contribution is 7.08. The summed E-state index contributed by atoms with van der Waals surface area (Å²) in [6.45, 7) is 3.45. The average Bonchev–Trinajstić information content (AvgIpc) is 3.43. The summed E-state index contributed by atoms with van der Waals surface area (Å²) in [5, 5.41) is 4.64. The molecule has 6 heteroatoms. The van der Waals surface area contributed by atoms with Crippen LogP contribution in [0, 0.1) is 0 Å². The number of hydrogen-bond acceptors (Lipinski definition) is 4. The van der Waals surface area contributed by atoms with Crippen LogP contribution in [0.4, 0.5) is 5.69 Å². The van der Waals surface area contributed by atoms with Gasteiger partial charge in [-0.2, -0.15) is 11.3 Å². The Morgan fingerprint density at radius 2 is 2.14 bits per heavy atom. The third kappa shape index (κ3) is 3.04. The van der Waals surface area contributed by atoms with Gasteiger partial charge < -0.3 is 4.90 Å². The van der Waals surface area contributed by atoms with Crippen molar-refractivity contribution in [1.29, 1.82) is 0 Å². The number of amides is 1. The molecule has 1 saturated heterocycles. The number of fused-ring (bicyclic) bond motifs is 2. The Labute approximate surface area is 173 Å². The summed E-state index contributed by atoms with van der Waals surface area (Å²) in [5.41, 5.74) is 3.90. The molecular formula is C22H20ClN3OS. The highest BCUT2D eigenvalue weighted by Gasteiger charge is 2.49. The van der Waals surface area contributed by atoms with Crippen molar-refractivity contribution in [2.45, 2.75) is 18.4 Å². The van der Waals surface area contributed by atoms with E-state index >= 15 is 0 Å². The van der Waals surface area contributed by atoms with E-state index in [1.54, 1.807) is 11.3 Å². The molecule has 0 radical (unpaired) electrons. The number of likely N-dealkylation sites (tertiary alicyclic amines) is 1. The van der Waals surface area contributed by atoms with Gasteiger partial charge in [-0.1, -0.05) is 23.7 Å². The fourth-order valence-corrected chi connectivity index (χ4v) is 5.36. The summed E-state index contributed by atoms with van der Waals surface area (Å²) in [4.78, 5) is 22.2. The van der Waals surface area contributed by atoms with Crippen LogP contribution in [-0.2, 0) is 12.0 Å². The van der Waals surface area contributed by atoms with Crippen molar-refractivity contribution < 1.29 is 4.79 Å². The van der Waals surface area contributed by atoms with E-state index in [9.17, 15) is 4.79 Å². The van der Waals surface area contributed by atoms with E-state index in [-0.39, 0.29) is 11.3 Å². The maximum absolute atomic E-state index is 13.1. The number of rotatable bonds is 3. The van der Waals surface area contributed by atoms with Gasteiger partial charge in [0.25, 0.3) is 5.91 Å². The maximum Gasteiger partial charge on any atom is 0.259 e. The van der Waals surface area contributed by atoms with Crippen molar-refractivity contribution >= 4 is 34.5 Å². The van der Waals surface area contributed by atoms with Crippen LogP contribution >= 0.6 is 22.9 Å². The standard InChI is InChI=1S/C22H20ClN3OS/c23-18-4-1-3-16(11-18)12-25-9-7-22(14-25)15-26(19-5-2-8-24-20(19)22)21(27)17-6-10-28-13-17/h1-6,8,10-11,13H,7,9,12,14-15H2. The summed E-state index contributed by atoms with van der Waals surface area (Å²) in [5.74, 6) is 0.0701. The molecule has 1 aromatic carbocycles. The number of hydrogen-bond donors (Lipinski definition) is 0. The number of nitrogens with zero attached hydrogens (tertiary/aromatic N) is 3. The monoisotopic (exact) mass is 409 g/mol. The van der Waals surface area contributed by atoms with E-state index in [1.807, 2.05) is 58.3 Å². The molecule has 5 rings (SSSR count). The van der Waals surface area contributed by atoms with Crippen molar-refractivity contribution in [2.24, 2.45) is 0 Å². The first-order chi connectivity index (χ1) is 13.6. The Kier molecular flexibility index (Phi) is 4.46. The lowest BCUT2D eigenvalue weighted by molar-refractivity contribution is 0.0985. The molecule has 3 aromatic rings. The minimum atomic E-state index is -0.0964. The second-order valence-corrected chi connectivity index (χ2v) is 8.86. The smallest absolute Gasteiger partial charge is 0.259 e. The molecule has 2 aromatic heterocycles.